The van der Waals surface area contributed by atoms with Gasteiger partial charge in [-0.3, -0.25) is 9.71 Å². The topological polar surface area (TPSA) is 85.1 Å². The van der Waals surface area contributed by atoms with E-state index < -0.39 is 15.8 Å². The van der Waals surface area contributed by atoms with E-state index in [1.807, 2.05) is 0 Å². The molecular weight excluding hydrogens is 293 g/mol. The van der Waals surface area contributed by atoms with E-state index in [9.17, 15) is 12.8 Å². The van der Waals surface area contributed by atoms with Crippen LogP contribution in [0.25, 0.3) is 0 Å². The van der Waals surface area contributed by atoms with Crippen molar-refractivity contribution >= 4 is 15.7 Å². The summed E-state index contributed by atoms with van der Waals surface area (Å²) in [4.78, 5) is 3.60. The van der Waals surface area contributed by atoms with Crippen LogP contribution in [0.3, 0.4) is 0 Å². The Morgan fingerprint density at radius 1 is 1.33 bits per heavy atom. The van der Waals surface area contributed by atoms with Gasteiger partial charge in [-0.2, -0.15) is 0 Å². The summed E-state index contributed by atoms with van der Waals surface area (Å²) in [6, 6.07) is 6.63. The lowest BCUT2D eigenvalue weighted by Gasteiger charge is -2.08. The molecule has 0 aliphatic heterocycles. The van der Waals surface area contributed by atoms with E-state index in [1.165, 1.54) is 24.5 Å². The molecular formula is C14H12FN3O2S. The first kappa shape index (κ1) is 15.0. The Hall–Kier alpha value is -2.43. The van der Waals surface area contributed by atoms with Crippen molar-refractivity contribution in [1.82, 2.24) is 4.98 Å². The molecule has 0 spiro atoms. The molecule has 1 aromatic heterocycles. The predicted octanol–water partition coefficient (Wildman–Crippen LogP) is 1.33. The molecule has 0 bridgehead atoms. The molecule has 0 aliphatic carbocycles. The van der Waals surface area contributed by atoms with Crippen LogP contribution in [0.15, 0.2) is 47.6 Å². The average Bonchev–Trinajstić information content (AvgIpc) is 2.46. The van der Waals surface area contributed by atoms with Crippen molar-refractivity contribution in [3.8, 4) is 11.8 Å². The molecule has 2 rings (SSSR count). The number of hydrogen-bond donors (Lipinski definition) is 2. The first-order chi connectivity index (χ1) is 10.0. The number of anilines is 1. The lowest BCUT2D eigenvalue weighted by molar-refractivity contribution is 0.594. The molecule has 0 unspecified atom stereocenters. The summed E-state index contributed by atoms with van der Waals surface area (Å²) in [6.07, 6.45) is 2.87. The quantitative estimate of drug-likeness (QED) is 0.838. The molecule has 0 radical (unpaired) electrons. The maximum atomic E-state index is 13.8. The van der Waals surface area contributed by atoms with Gasteiger partial charge in [0.15, 0.2) is 0 Å². The summed E-state index contributed by atoms with van der Waals surface area (Å²) in [7, 11) is -3.88. The first-order valence-corrected chi connectivity index (χ1v) is 7.42. The van der Waals surface area contributed by atoms with Gasteiger partial charge < -0.3 is 5.73 Å². The largest absolute Gasteiger partial charge is 0.320 e. The summed E-state index contributed by atoms with van der Waals surface area (Å²) in [5, 5.41) is 0. The van der Waals surface area contributed by atoms with Crippen LogP contribution in [-0.2, 0) is 10.0 Å². The standard InChI is InChI=1S/C14H12FN3O2S/c15-14-9-13(6-5-11(14)3-1-7-16)21(19,20)18-12-4-2-8-17-10-12/h2,4-6,8-10,18H,7,16H2. The van der Waals surface area contributed by atoms with Crippen molar-refractivity contribution in [2.24, 2.45) is 5.73 Å². The molecule has 0 saturated carbocycles. The van der Waals surface area contributed by atoms with Gasteiger partial charge in [0.1, 0.15) is 5.82 Å². The highest BCUT2D eigenvalue weighted by atomic mass is 32.2. The maximum Gasteiger partial charge on any atom is 0.262 e. The molecule has 3 N–H and O–H groups in total. The molecule has 7 heteroatoms. The van der Waals surface area contributed by atoms with E-state index in [0.717, 1.165) is 6.07 Å². The molecule has 1 aromatic carbocycles. The maximum absolute atomic E-state index is 13.8. The molecule has 0 saturated heterocycles. The third-order valence-electron chi connectivity index (χ3n) is 2.49. The van der Waals surface area contributed by atoms with Crippen LogP contribution >= 0.6 is 0 Å². The Bertz CT molecular complexity index is 796. The average molecular weight is 305 g/mol. The highest BCUT2D eigenvalue weighted by molar-refractivity contribution is 7.92. The van der Waals surface area contributed by atoms with Crippen molar-refractivity contribution in [3.63, 3.8) is 0 Å². The molecule has 0 aliphatic rings. The van der Waals surface area contributed by atoms with E-state index in [0.29, 0.717) is 5.69 Å². The first-order valence-electron chi connectivity index (χ1n) is 5.94. The number of hydrogen-bond acceptors (Lipinski definition) is 4. The molecule has 21 heavy (non-hydrogen) atoms. The van der Waals surface area contributed by atoms with Gasteiger partial charge in [0.2, 0.25) is 0 Å². The van der Waals surface area contributed by atoms with Crippen LogP contribution in [0.2, 0.25) is 0 Å². The van der Waals surface area contributed by atoms with Crippen molar-refractivity contribution in [2.45, 2.75) is 4.90 Å². The number of nitrogens with two attached hydrogens (primary N) is 1. The Balaban J connectivity index is 2.31. The fourth-order valence-electron chi connectivity index (χ4n) is 1.55. The van der Waals surface area contributed by atoms with Crippen molar-refractivity contribution < 1.29 is 12.8 Å². The fourth-order valence-corrected chi connectivity index (χ4v) is 2.60. The zero-order valence-electron chi connectivity index (χ0n) is 10.9. The molecule has 1 heterocycles. The Morgan fingerprint density at radius 3 is 2.76 bits per heavy atom. The minimum atomic E-state index is -3.88. The lowest BCUT2D eigenvalue weighted by Crippen LogP contribution is -2.13. The van der Waals surface area contributed by atoms with Gasteiger partial charge in [0.25, 0.3) is 10.0 Å². The van der Waals surface area contributed by atoms with Gasteiger partial charge in [-0.05, 0) is 30.3 Å². The number of benzene rings is 1. The van der Waals surface area contributed by atoms with E-state index >= 15 is 0 Å². The summed E-state index contributed by atoms with van der Waals surface area (Å²) in [5.74, 6) is 4.32. The molecule has 0 atom stereocenters. The van der Waals surface area contributed by atoms with Crippen molar-refractivity contribution in [3.05, 3.63) is 54.1 Å². The number of nitrogens with one attached hydrogen (secondary N) is 1. The van der Waals surface area contributed by atoms with Crippen molar-refractivity contribution in [2.75, 3.05) is 11.3 Å². The van der Waals surface area contributed by atoms with Crippen LogP contribution in [-0.4, -0.2) is 19.9 Å². The molecule has 0 fully saturated rings. The third kappa shape index (κ3) is 3.78. The van der Waals surface area contributed by atoms with Crippen LogP contribution in [0.1, 0.15) is 5.56 Å². The SMILES string of the molecule is NCC#Cc1ccc(S(=O)(=O)Nc2cccnc2)cc1F. The highest BCUT2D eigenvalue weighted by Crippen LogP contribution is 2.17. The second-order valence-electron chi connectivity index (χ2n) is 3.99. The van der Waals surface area contributed by atoms with Gasteiger partial charge in [-0.15, -0.1) is 0 Å². The van der Waals surface area contributed by atoms with E-state index in [2.05, 4.69) is 21.5 Å². The summed E-state index contributed by atoms with van der Waals surface area (Å²) in [5.41, 5.74) is 5.60. The van der Waals surface area contributed by atoms with Gasteiger partial charge >= 0.3 is 0 Å². The normalized spacial score (nSPS) is 10.6. The zero-order chi connectivity index (χ0) is 15.3. The Morgan fingerprint density at radius 2 is 2.14 bits per heavy atom. The molecule has 5 nitrogen and oxygen atoms in total. The number of sulfonamides is 1. The monoisotopic (exact) mass is 305 g/mol. The van der Waals surface area contributed by atoms with Gasteiger partial charge in [0.05, 0.1) is 28.9 Å². The third-order valence-corrected chi connectivity index (χ3v) is 3.87. The second kappa shape index (κ2) is 6.35. The van der Waals surface area contributed by atoms with Crippen LogP contribution < -0.4 is 10.5 Å². The van der Waals surface area contributed by atoms with Gasteiger partial charge in [-0.1, -0.05) is 11.8 Å². The lowest BCUT2D eigenvalue weighted by atomic mass is 10.2. The van der Waals surface area contributed by atoms with E-state index in [-0.39, 0.29) is 17.0 Å². The number of halogens is 1. The molecule has 2 aromatic rings. The minimum absolute atomic E-state index is 0.0979. The van der Waals surface area contributed by atoms with Crippen LogP contribution in [0.4, 0.5) is 10.1 Å². The summed E-state index contributed by atoms with van der Waals surface area (Å²) in [6.45, 7) is 0.0993. The van der Waals surface area contributed by atoms with E-state index in [1.54, 1.807) is 12.1 Å². The number of aromatic nitrogens is 1. The number of pyridine rings is 1. The van der Waals surface area contributed by atoms with Crippen LogP contribution in [0, 0.1) is 17.7 Å². The Kier molecular flexibility index (Phi) is 4.52. The predicted molar refractivity (Wildman–Crippen MR) is 77.4 cm³/mol. The smallest absolute Gasteiger partial charge is 0.262 e. The van der Waals surface area contributed by atoms with Gasteiger partial charge in [0, 0.05) is 6.20 Å². The zero-order valence-corrected chi connectivity index (χ0v) is 11.7. The molecule has 108 valence electrons. The van der Waals surface area contributed by atoms with E-state index in [4.69, 9.17) is 5.73 Å². The van der Waals surface area contributed by atoms with Gasteiger partial charge in [-0.25, -0.2) is 12.8 Å². The summed E-state index contributed by atoms with van der Waals surface area (Å²) >= 11 is 0. The highest BCUT2D eigenvalue weighted by Gasteiger charge is 2.16. The Labute approximate surface area is 122 Å². The van der Waals surface area contributed by atoms with Crippen molar-refractivity contribution in [1.29, 1.82) is 0 Å². The summed E-state index contributed by atoms with van der Waals surface area (Å²) < 4.78 is 40.3. The number of nitrogens with zero attached hydrogens (tertiary/aromatic N) is 1. The fraction of sp³-hybridized carbons (Fsp3) is 0.0714. The van der Waals surface area contributed by atoms with Crippen LogP contribution in [0.5, 0.6) is 0 Å². The second-order valence-corrected chi connectivity index (χ2v) is 5.68. The number of rotatable bonds is 3. The minimum Gasteiger partial charge on any atom is -0.320 e. The molecule has 0 amide bonds.